The van der Waals surface area contributed by atoms with E-state index >= 15 is 0 Å². The van der Waals surface area contributed by atoms with Gasteiger partial charge in [-0.3, -0.25) is 4.79 Å². The number of nitrogens with zero attached hydrogens (tertiary/aromatic N) is 2. The molecule has 0 bridgehead atoms. The van der Waals surface area contributed by atoms with Crippen LogP contribution in [0.1, 0.15) is 10.5 Å². The second-order valence-corrected chi connectivity index (χ2v) is 4.57. The zero-order valence-corrected chi connectivity index (χ0v) is 9.55. The topological polar surface area (TPSA) is 42.9 Å². The van der Waals surface area contributed by atoms with Crippen LogP contribution >= 0.6 is 22.9 Å². The first-order valence-corrected chi connectivity index (χ1v) is 5.85. The van der Waals surface area contributed by atoms with Gasteiger partial charge in [-0.15, -0.1) is 21.5 Å². The molecule has 1 aromatic carbocycles. The monoisotopic (exact) mass is 248 g/mol. The number of rotatable bonds is 1. The maximum absolute atomic E-state index is 11.1. The van der Waals surface area contributed by atoms with Crippen LogP contribution in [-0.2, 0) is 0 Å². The van der Waals surface area contributed by atoms with E-state index in [0.717, 1.165) is 21.3 Å². The smallest absolute Gasteiger partial charge is 0.273 e. The Morgan fingerprint density at radius 3 is 2.88 bits per heavy atom. The maximum Gasteiger partial charge on any atom is 0.273 e. The second kappa shape index (κ2) is 3.50. The minimum Gasteiger partial charge on any atom is -0.274 e. The molecule has 16 heavy (non-hydrogen) atoms. The molecule has 78 valence electrons. The van der Waals surface area contributed by atoms with Gasteiger partial charge in [0.05, 0.1) is 0 Å². The summed E-state index contributed by atoms with van der Waals surface area (Å²) in [6, 6.07) is 7.88. The van der Waals surface area contributed by atoms with E-state index in [-0.39, 0.29) is 5.69 Å². The van der Waals surface area contributed by atoms with Gasteiger partial charge in [0.1, 0.15) is 5.69 Å². The number of hydrogen-bond acceptors (Lipinski definition) is 4. The SMILES string of the molecule is O=C(Cl)c1nnc2c3ccccc3scc1-2. The van der Waals surface area contributed by atoms with Crippen LogP contribution in [0, 0.1) is 0 Å². The molecule has 0 amide bonds. The molecule has 0 unspecified atom stereocenters. The predicted molar refractivity (Wildman–Crippen MR) is 64.2 cm³/mol. The lowest BCUT2D eigenvalue weighted by Gasteiger charge is -2.01. The van der Waals surface area contributed by atoms with E-state index in [1.807, 2.05) is 29.6 Å². The molecule has 0 atom stereocenters. The van der Waals surface area contributed by atoms with Crippen molar-refractivity contribution in [3.63, 3.8) is 0 Å². The standard InChI is InChI=1S/C11H5ClN2OS/c12-11(15)10-7-5-16-8-4-2-1-3-6(8)9(7)13-14-10/h1-5H. The van der Waals surface area contributed by atoms with E-state index < -0.39 is 5.24 Å². The first kappa shape index (κ1) is 9.69. The summed E-state index contributed by atoms with van der Waals surface area (Å²) in [5.74, 6) is 0. The third kappa shape index (κ3) is 1.31. The highest BCUT2D eigenvalue weighted by molar-refractivity contribution is 7.17. The third-order valence-corrected chi connectivity index (χ3v) is 3.53. The molecule has 0 fully saturated rings. The lowest BCUT2D eigenvalue weighted by Crippen LogP contribution is -1.90. The van der Waals surface area contributed by atoms with Crippen LogP contribution in [0.25, 0.3) is 21.3 Å². The molecule has 0 spiro atoms. The van der Waals surface area contributed by atoms with Crippen molar-refractivity contribution in [1.82, 2.24) is 10.2 Å². The van der Waals surface area contributed by atoms with E-state index in [0.29, 0.717) is 0 Å². The Hall–Kier alpha value is -1.52. The Kier molecular flexibility index (Phi) is 2.12. The average Bonchev–Trinajstić information content (AvgIpc) is 2.73. The van der Waals surface area contributed by atoms with Gasteiger partial charge < -0.3 is 0 Å². The van der Waals surface area contributed by atoms with E-state index in [1.165, 1.54) is 0 Å². The summed E-state index contributed by atoms with van der Waals surface area (Å²) in [6.45, 7) is 0. The van der Waals surface area contributed by atoms with Crippen molar-refractivity contribution in [2.45, 2.75) is 0 Å². The quantitative estimate of drug-likeness (QED) is 0.621. The summed E-state index contributed by atoms with van der Waals surface area (Å²) in [6.07, 6.45) is 0. The van der Waals surface area contributed by atoms with Crippen LogP contribution < -0.4 is 0 Å². The highest BCUT2D eigenvalue weighted by Gasteiger charge is 2.20. The molecule has 0 saturated heterocycles. The fourth-order valence-electron chi connectivity index (χ4n) is 1.66. The van der Waals surface area contributed by atoms with E-state index in [9.17, 15) is 4.79 Å². The zero-order chi connectivity index (χ0) is 11.1. The van der Waals surface area contributed by atoms with Crippen molar-refractivity contribution < 1.29 is 4.79 Å². The van der Waals surface area contributed by atoms with Gasteiger partial charge >= 0.3 is 0 Å². The van der Waals surface area contributed by atoms with Crippen molar-refractivity contribution in [3.8, 4) is 11.3 Å². The predicted octanol–water partition coefficient (Wildman–Crippen LogP) is 3.18. The number of benzene rings is 1. The molecule has 2 aliphatic heterocycles. The number of hydrogen-bond donors (Lipinski definition) is 0. The minimum absolute atomic E-state index is 0.235. The molecular formula is C11H5ClN2OS. The lowest BCUT2D eigenvalue weighted by atomic mass is 10.1. The highest BCUT2D eigenvalue weighted by atomic mass is 35.5. The Bertz CT molecular complexity index is 664. The summed E-state index contributed by atoms with van der Waals surface area (Å²) < 4.78 is 1.11. The summed E-state index contributed by atoms with van der Waals surface area (Å²) in [5.41, 5.74) is 1.70. The largest absolute Gasteiger partial charge is 0.274 e. The van der Waals surface area contributed by atoms with Gasteiger partial charge in [0, 0.05) is 21.0 Å². The van der Waals surface area contributed by atoms with Crippen molar-refractivity contribution >= 4 is 38.3 Å². The zero-order valence-electron chi connectivity index (χ0n) is 7.98. The van der Waals surface area contributed by atoms with Crippen molar-refractivity contribution in [3.05, 3.63) is 35.3 Å². The molecule has 0 saturated carbocycles. The van der Waals surface area contributed by atoms with Gasteiger partial charge in [0.2, 0.25) is 0 Å². The van der Waals surface area contributed by atoms with Crippen LogP contribution in [0.2, 0.25) is 0 Å². The lowest BCUT2D eigenvalue weighted by molar-refractivity contribution is 0.107. The van der Waals surface area contributed by atoms with Gasteiger partial charge in [-0.1, -0.05) is 18.2 Å². The Morgan fingerprint density at radius 2 is 2.06 bits per heavy atom. The molecule has 2 heterocycles. The van der Waals surface area contributed by atoms with Gasteiger partial charge in [0.15, 0.2) is 5.69 Å². The molecule has 1 aromatic rings. The molecule has 5 heteroatoms. The van der Waals surface area contributed by atoms with Crippen LogP contribution in [0.4, 0.5) is 0 Å². The van der Waals surface area contributed by atoms with Gasteiger partial charge in [-0.25, -0.2) is 0 Å². The normalized spacial score (nSPS) is 11.1. The Balaban J connectivity index is 2.41. The van der Waals surface area contributed by atoms with Crippen LogP contribution in [0.5, 0.6) is 0 Å². The van der Waals surface area contributed by atoms with E-state index in [2.05, 4.69) is 10.2 Å². The van der Waals surface area contributed by atoms with Gasteiger partial charge in [0.25, 0.3) is 5.24 Å². The number of aromatic nitrogens is 2. The second-order valence-electron chi connectivity index (χ2n) is 3.32. The van der Waals surface area contributed by atoms with Crippen LogP contribution in [0.3, 0.4) is 0 Å². The average molecular weight is 249 g/mol. The van der Waals surface area contributed by atoms with Crippen molar-refractivity contribution in [1.29, 1.82) is 0 Å². The van der Waals surface area contributed by atoms with Gasteiger partial charge in [-0.05, 0) is 17.7 Å². The number of carbonyl (C=O) groups is 1. The van der Waals surface area contributed by atoms with Crippen molar-refractivity contribution in [2.24, 2.45) is 0 Å². The minimum atomic E-state index is -0.565. The summed E-state index contributed by atoms with van der Waals surface area (Å²) in [4.78, 5) is 11.1. The highest BCUT2D eigenvalue weighted by Crippen LogP contribution is 2.34. The summed E-state index contributed by atoms with van der Waals surface area (Å²) in [7, 11) is 0. The number of carbonyl (C=O) groups excluding carboxylic acids is 1. The molecule has 0 radical (unpaired) electrons. The van der Waals surface area contributed by atoms with Crippen LogP contribution in [-0.4, -0.2) is 15.4 Å². The third-order valence-electron chi connectivity index (χ3n) is 2.39. The van der Waals surface area contributed by atoms with Crippen LogP contribution in [0.15, 0.2) is 29.6 Å². The summed E-state index contributed by atoms with van der Waals surface area (Å²) >= 11 is 6.99. The number of fused-ring (bicyclic) bond motifs is 3. The first-order chi connectivity index (χ1) is 7.77. The maximum atomic E-state index is 11.1. The molecular weight excluding hydrogens is 244 g/mol. The molecule has 0 aromatic heterocycles. The number of halogens is 1. The van der Waals surface area contributed by atoms with Crippen molar-refractivity contribution in [2.75, 3.05) is 0 Å². The summed E-state index contributed by atoms with van der Waals surface area (Å²) in [5, 5.41) is 10.1. The fraction of sp³-hybridized carbons (Fsp3) is 0. The molecule has 3 nitrogen and oxygen atoms in total. The van der Waals surface area contributed by atoms with E-state index in [4.69, 9.17) is 11.6 Å². The fourth-order valence-corrected chi connectivity index (χ4v) is 2.72. The molecule has 0 N–H and O–H groups in total. The molecule has 3 rings (SSSR count). The van der Waals surface area contributed by atoms with Gasteiger partial charge in [-0.2, -0.15) is 0 Å². The molecule has 2 aliphatic rings. The van der Waals surface area contributed by atoms with E-state index in [1.54, 1.807) is 11.3 Å². The Morgan fingerprint density at radius 1 is 1.25 bits per heavy atom. The Labute approximate surface area is 100 Å². The first-order valence-electron chi connectivity index (χ1n) is 4.60. The molecule has 0 aliphatic carbocycles.